The molecule has 0 saturated heterocycles. The van der Waals surface area contributed by atoms with Gasteiger partial charge in [0.15, 0.2) is 0 Å². The first-order valence-electron chi connectivity index (χ1n) is 1.98. The summed E-state index contributed by atoms with van der Waals surface area (Å²) in [6.07, 6.45) is 1.40. The maximum absolute atomic E-state index is 8.32. The Bertz CT molecular complexity index is 102. The summed E-state index contributed by atoms with van der Waals surface area (Å²) in [5.41, 5.74) is 0. The second kappa shape index (κ2) is 2.77. The van der Waals surface area contributed by atoms with E-state index in [0.29, 0.717) is 0 Å². The number of allylic oxidation sites excluding steroid dienone is 1. The van der Waals surface area contributed by atoms with Gasteiger partial charge in [-0.25, -0.2) is 0 Å². The van der Waals surface area contributed by atoms with E-state index < -0.39 is 5.97 Å². The van der Waals surface area contributed by atoms with Crippen LogP contribution in [0.4, 0.5) is 0 Å². The van der Waals surface area contributed by atoms with Crippen LogP contribution in [-0.4, -0.2) is 21.3 Å². The maximum atomic E-state index is 8.32. The van der Waals surface area contributed by atoms with Crippen LogP contribution in [-0.2, 0) is 0 Å². The molecule has 0 unspecified atom stereocenters. The number of hydrogen-bond acceptors (Lipinski definition) is 3. The third-order valence-electron chi connectivity index (χ3n) is 0.574. The molecule has 0 aromatic rings. The van der Waals surface area contributed by atoms with Crippen LogP contribution in [0, 0.1) is 0 Å². The summed E-state index contributed by atoms with van der Waals surface area (Å²) < 4.78 is 0.0927. The van der Waals surface area contributed by atoms with Gasteiger partial charge in [-0.15, -0.1) is 0 Å². The average molecular weight is 230 g/mol. The van der Waals surface area contributed by atoms with Crippen molar-refractivity contribution in [2.75, 3.05) is 0 Å². The molecule has 48 valence electrons. The lowest BCUT2D eigenvalue weighted by atomic mass is 10.5. The van der Waals surface area contributed by atoms with E-state index in [1.165, 1.54) is 6.08 Å². The topological polar surface area (TPSA) is 60.7 Å². The van der Waals surface area contributed by atoms with Crippen molar-refractivity contribution in [3.05, 3.63) is 9.66 Å². The molecular weight excluding hydrogens is 223 g/mol. The number of hydrogen-bond donors (Lipinski definition) is 3. The second-order valence-electron chi connectivity index (χ2n) is 1.27. The molecule has 0 saturated carbocycles. The molecule has 0 aliphatic heterocycles. The van der Waals surface area contributed by atoms with E-state index >= 15 is 0 Å². The van der Waals surface area contributed by atoms with E-state index in [1.807, 2.05) is 0 Å². The van der Waals surface area contributed by atoms with Crippen LogP contribution in [0.15, 0.2) is 9.66 Å². The minimum absolute atomic E-state index is 0.0927. The molecule has 0 heterocycles. The SMILES string of the molecule is C/C=C(\I)C(O)(O)O. The standard InChI is InChI=1S/C4H7IO3/c1-2-3(5)4(6,7)8/h2,6-8H,1H3/b3-2-. The van der Waals surface area contributed by atoms with Gasteiger partial charge in [-0.3, -0.25) is 0 Å². The van der Waals surface area contributed by atoms with Gasteiger partial charge in [0.1, 0.15) is 0 Å². The fourth-order valence-electron chi connectivity index (χ4n) is 0.194. The van der Waals surface area contributed by atoms with E-state index in [-0.39, 0.29) is 3.58 Å². The zero-order valence-electron chi connectivity index (χ0n) is 4.30. The lowest BCUT2D eigenvalue weighted by Gasteiger charge is -2.11. The van der Waals surface area contributed by atoms with Gasteiger partial charge < -0.3 is 15.3 Å². The highest BCUT2D eigenvalue weighted by Crippen LogP contribution is 2.16. The molecule has 0 aromatic heterocycles. The lowest BCUT2D eigenvalue weighted by molar-refractivity contribution is -0.274. The Labute approximate surface area is 60.8 Å². The smallest absolute Gasteiger partial charge is 0.310 e. The molecule has 3 nitrogen and oxygen atoms in total. The zero-order chi connectivity index (χ0) is 6.78. The minimum atomic E-state index is -2.64. The van der Waals surface area contributed by atoms with E-state index in [0.717, 1.165) is 0 Å². The Morgan fingerprint density at radius 1 is 1.50 bits per heavy atom. The zero-order valence-corrected chi connectivity index (χ0v) is 6.45. The third kappa shape index (κ3) is 2.61. The van der Waals surface area contributed by atoms with Crippen LogP contribution in [0.2, 0.25) is 0 Å². The average Bonchev–Trinajstić information content (AvgIpc) is 1.62. The van der Waals surface area contributed by atoms with Crippen LogP contribution < -0.4 is 0 Å². The molecule has 3 N–H and O–H groups in total. The maximum Gasteiger partial charge on any atom is 0.310 e. The largest absolute Gasteiger partial charge is 0.339 e. The fraction of sp³-hybridized carbons (Fsp3) is 0.500. The summed E-state index contributed by atoms with van der Waals surface area (Å²) in [6.45, 7) is 1.60. The van der Waals surface area contributed by atoms with Gasteiger partial charge in [0.05, 0.1) is 3.58 Å². The highest BCUT2D eigenvalue weighted by Gasteiger charge is 2.20. The highest BCUT2D eigenvalue weighted by molar-refractivity contribution is 14.1. The summed E-state index contributed by atoms with van der Waals surface area (Å²) in [5, 5.41) is 25.0. The molecule has 0 aromatic carbocycles. The molecule has 8 heavy (non-hydrogen) atoms. The van der Waals surface area contributed by atoms with Gasteiger partial charge in [0.2, 0.25) is 0 Å². The van der Waals surface area contributed by atoms with Crippen molar-refractivity contribution in [1.82, 2.24) is 0 Å². The van der Waals surface area contributed by atoms with E-state index in [2.05, 4.69) is 0 Å². The van der Waals surface area contributed by atoms with Gasteiger partial charge in [-0.05, 0) is 29.5 Å². The molecule has 0 aliphatic rings. The number of rotatable bonds is 1. The molecule has 0 bridgehead atoms. The number of halogens is 1. The van der Waals surface area contributed by atoms with Gasteiger partial charge in [0.25, 0.3) is 0 Å². The van der Waals surface area contributed by atoms with Crippen molar-refractivity contribution in [2.24, 2.45) is 0 Å². The van der Waals surface area contributed by atoms with Crippen LogP contribution in [0.25, 0.3) is 0 Å². The van der Waals surface area contributed by atoms with Crippen molar-refractivity contribution in [2.45, 2.75) is 12.9 Å². The van der Waals surface area contributed by atoms with Crippen LogP contribution in [0.1, 0.15) is 6.92 Å². The highest BCUT2D eigenvalue weighted by atomic mass is 127. The minimum Gasteiger partial charge on any atom is -0.339 e. The molecule has 0 atom stereocenters. The Kier molecular flexibility index (Phi) is 2.89. The van der Waals surface area contributed by atoms with Crippen molar-refractivity contribution in [1.29, 1.82) is 0 Å². The molecule has 4 heteroatoms. The van der Waals surface area contributed by atoms with Gasteiger partial charge >= 0.3 is 5.97 Å². The Morgan fingerprint density at radius 2 is 1.88 bits per heavy atom. The van der Waals surface area contributed by atoms with Crippen molar-refractivity contribution in [3.8, 4) is 0 Å². The normalized spacial score (nSPS) is 14.4. The summed E-state index contributed by atoms with van der Waals surface area (Å²) in [5.74, 6) is -2.64. The number of aliphatic hydroxyl groups is 3. The van der Waals surface area contributed by atoms with Crippen molar-refractivity contribution in [3.63, 3.8) is 0 Å². The quantitative estimate of drug-likeness (QED) is 0.437. The first-order chi connectivity index (χ1) is 3.48. The summed E-state index contributed by atoms with van der Waals surface area (Å²) >= 11 is 1.62. The Hall–Kier alpha value is 0.350. The van der Waals surface area contributed by atoms with Gasteiger partial charge in [-0.2, -0.15) is 0 Å². The molecular formula is C4H7IO3. The van der Waals surface area contributed by atoms with Crippen LogP contribution in [0.3, 0.4) is 0 Å². The Balaban J connectivity index is 4.03. The van der Waals surface area contributed by atoms with Crippen LogP contribution >= 0.6 is 22.6 Å². The van der Waals surface area contributed by atoms with Crippen molar-refractivity contribution < 1.29 is 15.3 Å². The fourth-order valence-corrected chi connectivity index (χ4v) is 0.194. The summed E-state index contributed by atoms with van der Waals surface area (Å²) in [6, 6.07) is 0. The third-order valence-corrected chi connectivity index (χ3v) is 1.92. The van der Waals surface area contributed by atoms with Crippen LogP contribution in [0.5, 0.6) is 0 Å². The lowest BCUT2D eigenvalue weighted by Crippen LogP contribution is -2.26. The molecule has 0 rings (SSSR count). The van der Waals surface area contributed by atoms with Gasteiger partial charge in [0, 0.05) is 0 Å². The predicted octanol–water partition coefficient (Wildman–Crippen LogP) is -0.0441. The van der Waals surface area contributed by atoms with Crippen molar-refractivity contribution >= 4 is 22.6 Å². The monoisotopic (exact) mass is 230 g/mol. The predicted molar refractivity (Wildman–Crippen MR) is 37.2 cm³/mol. The van der Waals surface area contributed by atoms with Gasteiger partial charge in [-0.1, -0.05) is 6.08 Å². The second-order valence-corrected chi connectivity index (χ2v) is 2.43. The van der Waals surface area contributed by atoms with E-state index in [4.69, 9.17) is 15.3 Å². The first-order valence-corrected chi connectivity index (χ1v) is 3.05. The first kappa shape index (κ1) is 8.35. The summed E-state index contributed by atoms with van der Waals surface area (Å²) in [7, 11) is 0. The summed E-state index contributed by atoms with van der Waals surface area (Å²) in [4.78, 5) is 0. The molecule has 0 fully saturated rings. The molecule has 0 spiro atoms. The molecule has 0 radical (unpaired) electrons. The van der Waals surface area contributed by atoms with E-state index in [9.17, 15) is 0 Å². The molecule has 0 amide bonds. The van der Waals surface area contributed by atoms with E-state index in [1.54, 1.807) is 29.5 Å². The Morgan fingerprint density at radius 3 is 1.88 bits per heavy atom. The molecule has 0 aliphatic carbocycles.